The van der Waals surface area contributed by atoms with Gasteiger partial charge in [0.1, 0.15) is 43.9 Å². The molecule has 6 atom stereocenters. The third kappa shape index (κ3) is 13.6. The molecule has 0 aliphatic heterocycles. The van der Waals surface area contributed by atoms with Gasteiger partial charge in [0.05, 0.1) is 17.8 Å². The first-order chi connectivity index (χ1) is 19.1. The maximum absolute atomic E-state index is 12.8. The monoisotopic (exact) mass is 618 g/mol. The second-order valence-electron chi connectivity index (χ2n) is 14.8. The van der Waals surface area contributed by atoms with Crippen molar-refractivity contribution in [1.29, 1.82) is 0 Å². The number of aliphatic hydroxyl groups is 2. The van der Waals surface area contributed by atoms with Crippen molar-refractivity contribution < 1.29 is 48.3 Å². The van der Waals surface area contributed by atoms with Crippen LogP contribution in [0.2, 0.25) is 0 Å². The maximum atomic E-state index is 12.8. The van der Waals surface area contributed by atoms with Crippen LogP contribution >= 0.6 is 12.6 Å². The molecule has 1 aliphatic carbocycles. The second kappa shape index (κ2) is 16.3. The number of aliphatic hydroxyl groups excluding tert-OH is 2. The van der Waals surface area contributed by atoms with Crippen LogP contribution in [0.1, 0.15) is 94.4 Å². The molecule has 0 aromatic carbocycles. The van der Waals surface area contributed by atoms with Crippen molar-refractivity contribution in [3.8, 4) is 0 Å². The summed E-state index contributed by atoms with van der Waals surface area (Å²) in [6.07, 6.45) is 0.459. The number of thiol groups is 1. The van der Waals surface area contributed by atoms with Crippen molar-refractivity contribution in [2.75, 3.05) is 26.4 Å². The summed E-state index contributed by atoms with van der Waals surface area (Å²) in [7, 11) is 0. The molecule has 0 aromatic rings. The van der Waals surface area contributed by atoms with Crippen molar-refractivity contribution in [3.63, 3.8) is 0 Å². The van der Waals surface area contributed by atoms with Crippen LogP contribution in [0.15, 0.2) is 0 Å². The van der Waals surface area contributed by atoms with Gasteiger partial charge in [-0.15, -0.1) is 0 Å². The summed E-state index contributed by atoms with van der Waals surface area (Å²) in [5, 5.41) is 19.8. The van der Waals surface area contributed by atoms with E-state index in [0.29, 0.717) is 19.3 Å². The Balaban J connectivity index is 2.57. The Labute approximate surface area is 257 Å². The zero-order chi connectivity index (χ0) is 32.5. The molecular formula is C31H54O10S. The summed E-state index contributed by atoms with van der Waals surface area (Å²) in [6.45, 7) is 16.1. The van der Waals surface area contributed by atoms with E-state index < -0.39 is 65.2 Å². The van der Waals surface area contributed by atoms with Crippen LogP contribution in [0.3, 0.4) is 0 Å². The zero-order valence-electron chi connectivity index (χ0n) is 26.9. The highest BCUT2D eigenvalue weighted by Gasteiger charge is 2.39. The molecule has 0 spiro atoms. The Morgan fingerprint density at radius 2 is 1.05 bits per heavy atom. The van der Waals surface area contributed by atoms with E-state index in [2.05, 4.69) is 12.6 Å². The van der Waals surface area contributed by atoms with Crippen LogP contribution in [0.5, 0.6) is 0 Å². The van der Waals surface area contributed by atoms with Gasteiger partial charge in [-0.25, -0.2) is 0 Å². The van der Waals surface area contributed by atoms with Crippen molar-refractivity contribution in [2.24, 2.45) is 34.0 Å². The van der Waals surface area contributed by atoms with E-state index in [1.807, 2.05) is 62.3 Å². The summed E-state index contributed by atoms with van der Waals surface area (Å²) >= 11 is 4.25. The van der Waals surface area contributed by atoms with Gasteiger partial charge in [-0.2, -0.15) is 12.6 Å². The van der Waals surface area contributed by atoms with Gasteiger partial charge >= 0.3 is 23.9 Å². The largest absolute Gasteiger partial charge is 0.463 e. The van der Waals surface area contributed by atoms with Gasteiger partial charge in [-0.05, 0) is 35.5 Å². The number of ether oxygens (including phenoxy) is 4. The van der Waals surface area contributed by atoms with Gasteiger partial charge < -0.3 is 29.2 Å². The standard InChI is InChI=1S/C31H54O10S/c1-29(2,3)14-23(30(4,5)6)27(36)40-17-19(32)15-38-25(34)21-12-10-11-13-22(21)26(35)39-16-20(33)18-41-28(37)24(42)31(7,8)9/h19-24,32-33,42H,10-18H2,1-9H3. The molecule has 11 heteroatoms. The number of carbonyl (C=O) groups is 4. The summed E-state index contributed by atoms with van der Waals surface area (Å²) in [5.74, 6) is -4.16. The fourth-order valence-electron chi connectivity index (χ4n) is 4.61. The zero-order valence-corrected chi connectivity index (χ0v) is 27.8. The van der Waals surface area contributed by atoms with Gasteiger partial charge in [-0.1, -0.05) is 75.2 Å². The van der Waals surface area contributed by atoms with Crippen LogP contribution < -0.4 is 0 Å². The predicted octanol–water partition coefficient (Wildman–Crippen LogP) is 4.13. The quantitative estimate of drug-likeness (QED) is 0.156. The van der Waals surface area contributed by atoms with E-state index in [9.17, 15) is 29.4 Å². The lowest BCUT2D eigenvalue weighted by Crippen LogP contribution is -2.38. The minimum Gasteiger partial charge on any atom is -0.463 e. The minimum atomic E-state index is -1.23. The van der Waals surface area contributed by atoms with Gasteiger partial charge in [0.15, 0.2) is 0 Å². The van der Waals surface area contributed by atoms with E-state index in [-0.39, 0.29) is 36.6 Å². The molecule has 0 saturated heterocycles. The highest BCUT2D eigenvalue weighted by atomic mass is 32.1. The number of esters is 4. The summed E-state index contributed by atoms with van der Waals surface area (Å²) in [5.41, 5.74) is -0.839. The van der Waals surface area contributed by atoms with E-state index in [1.54, 1.807) is 0 Å². The smallest absolute Gasteiger partial charge is 0.319 e. The molecule has 6 unspecified atom stereocenters. The van der Waals surface area contributed by atoms with Gasteiger partial charge in [-0.3, -0.25) is 19.2 Å². The van der Waals surface area contributed by atoms with Crippen LogP contribution in [-0.4, -0.2) is 78.0 Å². The fourth-order valence-corrected chi connectivity index (χ4v) is 4.68. The first kappa shape index (κ1) is 38.2. The molecule has 1 fully saturated rings. The molecule has 0 aromatic heterocycles. The average molecular weight is 619 g/mol. The summed E-state index contributed by atoms with van der Waals surface area (Å²) < 4.78 is 21.0. The van der Waals surface area contributed by atoms with Gasteiger partial charge in [0.25, 0.3) is 0 Å². The Hall–Kier alpha value is -1.85. The highest BCUT2D eigenvalue weighted by molar-refractivity contribution is 7.81. The average Bonchev–Trinajstić information content (AvgIpc) is 2.88. The van der Waals surface area contributed by atoms with Crippen molar-refractivity contribution >= 4 is 36.5 Å². The lowest BCUT2D eigenvalue weighted by atomic mass is 9.72. The van der Waals surface area contributed by atoms with Gasteiger partial charge in [0, 0.05) is 0 Å². The molecule has 1 rings (SSSR count). The van der Waals surface area contributed by atoms with E-state index in [1.165, 1.54) is 0 Å². The molecule has 0 amide bonds. The molecule has 244 valence electrons. The Kier molecular flexibility index (Phi) is 14.8. The molecule has 1 saturated carbocycles. The van der Waals surface area contributed by atoms with Crippen LogP contribution in [0.25, 0.3) is 0 Å². The summed E-state index contributed by atoms with van der Waals surface area (Å²) in [6, 6.07) is 0. The van der Waals surface area contributed by atoms with E-state index in [0.717, 1.165) is 12.8 Å². The fraction of sp³-hybridized carbons (Fsp3) is 0.871. The van der Waals surface area contributed by atoms with Crippen molar-refractivity contribution in [1.82, 2.24) is 0 Å². The Morgan fingerprint density at radius 3 is 1.40 bits per heavy atom. The summed E-state index contributed by atoms with van der Waals surface area (Å²) in [4.78, 5) is 50.5. The molecule has 0 radical (unpaired) electrons. The number of carbonyl (C=O) groups excluding carboxylic acids is 4. The van der Waals surface area contributed by atoms with Crippen molar-refractivity contribution in [3.05, 3.63) is 0 Å². The minimum absolute atomic E-state index is 0.0876. The third-order valence-corrected chi connectivity index (χ3v) is 8.22. The van der Waals surface area contributed by atoms with E-state index in [4.69, 9.17) is 18.9 Å². The number of hydrogen-bond acceptors (Lipinski definition) is 11. The molecular weight excluding hydrogens is 564 g/mol. The van der Waals surface area contributed by atoms with Gasteiger partial charge in [0.2, 0.25) is 0 Å². The first-order valence-corrected chi connectivity index (χ1v) is 15.4. The molecule has 1 aliphatic rings. The van der Waals surface area contributed by atoms with Crippen LogP contribution in [0, 0.1) is 34.0 Å². The molecule has 0 heterocycles. The SMILES string of the molecule is CC(C)(C)CC(C(=O)OCC(O)COC(=O)C1CCCCC1C(=O)OCC(O)COC(=O)C(S)C(C)(C)C)C(C)(C)C. The molecule has 42 heavy (non-hydrogen) atoms. The number of hydrogen-bond donors (Lipinski definition) is 3. The highest BCUT2D eigenvalue weighted by Crippen LogP contribution is 2.37. The Bertz CT molecular complexity index is 899. The number of rotatable bonds is 13. The van der Waals surface area contributed by atoms with E-state index >= 15 is 0 Å². The van der Waals surface area contributed by atoms with Crippen molar-refractivity contribution in [2.45, 2.75) is 112 Å². The molecule has 0 bridgehead atoms. The second-order valence-corrected chi connectivity index (χ2v) is 15.3. The molecule has 2 N–H and O–H groups in total. The molecule has 10 nitrogen and oxygen atoms in total. The lowest BCUT2D eigenvalue weighted by Gasteiger charge is -2.34. The first-order valence-electron chi connectivity index (χ1n) is 14.8. The lowest BCUT2D eigenvalue weighted by molar-refractivity contribution is -0.169. The third-order valence-electron chi connectivity index (χ3n) is 7.23. The maximum Gasteiger partial charge on any atom is 0.319 e. The topological polar surface area (TPSA) is 146 Å². The normalized spacial score (nSPS) is 21.0. The Morgan fingerprint density at radius 1 is 0.667 bits per heavy atom. The van der Waals surface area contributed by atoms with Crippen LogP contribution in [-0.2, 0) is 38.1 Å². The van der Waals surface area contributed by atoms with Crippen LogP contribution in [0.4, 0.5) is 0 Å². The predicted molar refractivity (Wildman–Crippen MR) is 161 cm³/mol.